The number of hydrogen-bond acceptors (Lipinski definition) is 4. The van der Waals surface area contributed by atoms with Gasteiger partial charge in [0.05, 0.1) is 16.8 Å². The first-order valence-corrected chi connectivity index (χ1v) is 6.53. The zero-order valence-corrected chi connectivity index (χ0v) is 12.1. The molecule has 0 spiro atoms. The molecule has 2 aromatic carbocycles. The van der Waals surface area contributed by atoms with Gasteiger partial charge in [0.1, 0.15) is 11.5 Å². The molecular formula is C14H10Cl2N2O3. The zero-order chi connectivity index (χ0) is 15.4. The fourth-order valence-electron chi connectivity index (χ4n) is 1.54. The normalized spacial score (nSPS) is 10.8. The Balaban J connectivity index is 2.08. The minimum absolute atomic E-state index is 0.00727. The van der Waals surface area contributed by atoms with E-state index in [1.807, 2.05) is 0 Å². The van der Waals surface area contributed by atoms with Crippen LogP contribution >= 0.6 is 23.2 Å². The maximum absolute atomic E-state index is 11.8. The van der Waals surface area contributed by atoms with Crippen LogP contribution in [0.3, 0.4) is 0 Å². The lowest BCUT2D eigenvalue weighted by molar-refractivity contribution is 0.0952. The van der Waals surface area contributed by atoms with Gasteiger partial charge in [0.2, 0.25) is 0 Å². The summed E-state index contributed by atoms with van der Waals surface area (Å²) in [5, 5.41) is 23.3. The van der Waals surface area contributed by atoms with Crippen LogP contribution in [-0.2, 0) is 0 Å². The largest absolute Gasteiger partial charge is 0.508 e. The van der Waals surface area contributed by atoms with Gasteiger partial charge in [0, 0.05) is 16.7 Å². The van der Waals surface area contributed by atoms with Crippen LogP contribution in [0.15, 0.2) is 41.5 Å². The third-order valence-electron chi connectivity index (χ3n) is 2.56. The number of aromatic hydroxyl groups is 2. The molecule has 108 valence electrons. The van der Waals surface area contributed by atoms with Crippen LogP contribution in [0.4, 0.5) is 0 Å². The second-order valence-electron chi connectivity index (χ2n) is 4.07. The number of hydrogen-bond donors (Lipinski definition) is 3. The summed E-state index contributed by atoms with van der Waals surface area (Å²) in [4.78, 5) is 11.8. The van der Waals surface area contributed by atoms with E-state index in [2.05, 4.69) is 10.5 Å². The molecular weight excluding hydrogens is 315 g/mol. The van der Waals surface area contributed by atoms with Crippen LogP contribution in [-0.4, -0.2) is 22.3 Å². The summed E-state index contributed by atoms with van der Waals surface area (Å²) in [5.41, 5.74) is 2.82. The highest BCUT2D eigenvalue weighted by molar-refractivity contribution is 6.36. The first-order valence-electron chi connectivity index (χ1n) is 5.78. The van der Waals surface area contributed by atoms with Crippen molar-refractivity contribution in [2.45, 2.75) is 0 Å². The molecule has 0 aliphatic carbocycles. The second-order valence-corrected chi connectivity index (χ2v) is 4.91. The third-order valence-corrected chi connectivity index (χ3v) is 3.12. The molecule has 2 aromatic rings. The molecule has 2 rings (SSSR count). The fourth-order valence-corrected chi connectivity index (χ4v) is 2.00. The Hall–Kier alpha value is -2.24. The van der Waals surface area contributed by atoms with Crippen molar-refractivity contribution in [2.24, 2.45) is 5.10 Å². The molecule has 0 atom stereocenters. The predicted molar refractivity (Wildman–Crippen MR) is 81.3 cm³/mol. The first kappa shape index (κ1) is 15.2. The van der Waals surface area contributed by atoms with E-state index in [4.69, 9.17) is 28.3 Å². The van der Waals surface area contributed by atoms with Crippen LogP contribution in [0.2, 0.25) is 10.0 Å². The number of halogens is 2. The van der Waals surface area contributed by atoms with Crippen LogP contribution in [0.5, 0.6) is 11.5 Å². The molecule has 0 fully saturated rings. The zero-order valence-electron chi connectivity index (χ0n) is 10.5. The van der Waals surface area contributed by atoms with Crippen molar-refractivity contribution in [3.05, 3.63) is 57.6 Å². The SMILES string of the molecule is O=C(N/N=C/c1ccc(Cl)cc1Cl)c1ccc(O)cc1O. The lowest BCUT2D eigenvalue weighted by Crippen LogP contribution is -2.17. The number of amides is 1. The molecule has 0 aromatic heterocycles. The molecule has 21 heavy (non-hydrogen) atoms. The van der Waals surface area contributed by atoms with Gasteiger partial charge in [-0.15, -0.1) is 0 Å². The fraction of sp³-hybridized carbons (Fsp3) is 0. The highest BCUT2D eigenvalue weighted by atomic mass is 35.5. The number of hydrazone groups is 1. The number of nitrogens with zero attached hydrogens (tertiary/aromatic N) is 1. The van der Waals surface area contributed by atoms with Gasteiger partial charge in [-0.05, 0) is 24.3 Å². The van der Waals surface area contributed by atoms with E-state index in [0.717, 1.165) is 6.07 Å². The minimum atomic E-state index is -0.617. The van der Waals surface area contributed by atoms with Crippen molar-refractivity contribution >= 4 is 35.3 Å². The predicted octanol–water partition coefficient (Wildman–Crippen LogP) is 3.17. The molecule has 0 aliphatic rings. The van der Waals surface area contributed by atoms with Gasteiger partial charge < -0.3 is 10.2 Å². The third kappa shape index (κ3) is 3.87. The number of carbonyl (C=O) groups is 1. The van der Waals surface area contributed by atoms with Crippen LogP contribution in [0, 0.1) is 0 Å². The molecule has 0 heterocycles. The summed E-state index contributed by atoms with van der Waals surface area (Å²) in [6.45, 7) is 0. The van der Waals surface area contributed by atoms with E-state index >= 15 is 0 Å². The van der Waals surface area contributed by atoms with Crippen LogP contribution in [0.25, 0.3) is 0 Å². The topological polar surface area (TPSA) is 81.9 Å². The molecule has 0 saturated heterocycles. The van der Waals surface area contributed by atoms with Gasteiger partial charge in [-0.1, -0.05) is 29.3 Å². The summed E-state index contributed by atoms with van der Waals surface area (Å²) in [6, 6.07) is 8.48. The van der Waals surface area contributed by atoms with Crippen LogP contribution < -0.4 is 5.43 Å². The molecule has 0 bridgehead atoms. The van der Waals surface area contributed by atoms with E-state index in [-0.39, 0.29) is 17.1 Å². The number of phenols is 2. The summed E-state index contributed by atoms with van der Waals surface area (Å²) in [7, 11) is 0. The Morgan fingerprint density at radius 1 is 1.14 bits per heavy atom. The maximum atomic E-state index is 11.8. The molecule has 1 amide bonds. The average Bonchev–Trinajstić information content (AvgIpc) is 2.41. The van der Waals surface area contributed by atoms with Crippen LogP contribution in [0.1, 0.15) is 15.9 Å². The van der Waals surface area contributed by atoms with Gasteiger partial charge in [0.15, 0.2) is 0 Å². The highest BCUT2D eigenvalue weighted by Crippen LogP contribution is 2.22. The Kier molecular flexibility index (Phi) is 4.67. The summed E-state index contributed by atoms with van der Waals surface area (Å²) < 4.78 is 0. The Bertz CT molecular complexity index is 717. The maximum Gasteiger partial charge on any atom is 0.275 e. The quantitative estimate of drug-likeness (QED) is 0.599. The molecule has 0 aliphatic heterocycles. The smallest absolute Gasteiger partial charge is 0.275 e. The van der Waals surface area contributed by atoms with Crippen molar-refractivity contribution in [3.63, 3.8) is 0 Å². The molecule has 7 heteroatoms. The van der Waals surface area contributed by atoms with Gasteiger partial charge in [-0.3, -0.25) is 4.79 Å². The molecule has 0 saturated carbocycles. The molecule has 5 nitrogen and oxygen atoms in total. The lowest BCUT2D eigenvalue weighted by Gasteiger charge is -2.03. The van der Waals surface area contributed by atoms with Crippen molar-refractivity contribution in [1.29, 1.82) is 0 Å². The number of benzene rings is 2. The van der Waals surface area contributed by atoms with E-state index in [9.17, 15) is 9.90 Å². The Morgan fingerprint density at radius 2 is 1.90 bits per heavy atom. The first-order chi connectivity index (χ1) is 9.97. The number of nitrogens with one attached hydrogen (secondary N) is 1. The molecule has 0 unspecified atom stereocenters. The van der Waals surface area contributed by atoms with Gasteiger partial charge >= 0.3 is 0 Å². The summed E-state index contributed by atoms with van der Waals surface area (Å²) in [5.74, 6) is -1.10. The second kappa shape index (κ2) is 6.47. The lowest BCUT2D eigenvalue weighted by atomic mass is 10.2. The Morgan fingerprint density at radius 3 is 2.57 bits per heavy atom. The highest BCUT2D eigenvalue weighted by Gasteiger charge is 2.10. The van der Waals surface area contributed by atoms with E-state index in [0.29, 0.717) is 15.6 Å². The minimum Gasteiger partial charge on any atom is -0.508 e. The standard InChI is InChI=1S/C14H10Cl2N2O3/c15-9-2-1-8(12(16)5-9)7-17-18-14(21)11-4-3-10(19)6-13(11)20/h1-7,19-20H,(H,18,21)/b17-7+. The summed E-state index contributed by atoms with van der Waals surface area (Å²) >= 11 is 11.7. The van der Waals surface area contributed by atoms with Crippen molar-refractivity contribution in [3.8, 4) is 11.5 Å². The number of rotatable bonds is 3. The molecule has 0 radical (unpaired) electrons. The average molecular weight is 325 g/mol. The van der Waals surface area contributed by atoms with Crippen molar-refractivity contribution in [2.75, 3.05) is 0 Å². The van der Waals surface area contributed by atoms with Gasteiger partial charge in [-0.2, -0.15) is 5.10 Å². The Labute approximate surface area is 130 Å². The van der Waals surface area contributed by atoms with E-state index < -0.39 is 5.91 Å². The summed E-state index contributed by atoms with van der Waals surface area (Å²) in [6.07, 6.45) is 1.36. The number of phenolic OH excluding ortho intramolecular Hbond substituents is 2. The van der Waals surface area contributed by atoms with E-state index in [1.54, 1.807) is 18.2 Å². The number of carbonyl (C=O) groups excluding carboxylic acids is 1. The molecule has 3 N–H and O–H groups in total. The van der Waals surface area contributed by atoms with Gasteiger partial charge in [0.25, 0.3) is 5.91 Å². The van der Waals surface area contributed by atoms with Crippen molar-refractivity contribution in [1.82, 2.24) is 5.43 Å². The monoisotopic (exact) mass is 324 g/mol. The van der Waals surface area contributed by atoms with Crippen molar-refractivity contribution < 1.29 is 15.0 Å². The van der Waals surface area contributed by atoms with E-state index in [1.165, 1.54) is 18.3 Å². The van der Waals surface area contributed by atoms with Gasteiger partial charge in [-0.25, -0.2) is 5.43 Å².